The van der Waals surface area contributed by atoms with Crippen LogP contribution in [0.4, 0.5) is 0 Å². The van der Waals surface area contributed by atoms with Gasteiger partial charge in [0.1, 0.15) is 0 Å². The molecule has 2 N–H and O–H groups in total. The molecule has 0 aliphatic rings. The van der Waals surface area contributed by atoms with Crippen LogP contribution in [0.25, 0.3) is 0 Å². The maximum absolute atomic E-state index is 5.55. The summed E-state index contributed by atoms with van der Waals surface area (Å²) in [4.78, 5) is 6.87. The summed E-state index contributed by atoms with van der Waals surface area (Å²) >= 11 is 1.80. The van der Waals surface area contributed by atoms with Crippen molar-refractivity contribution in [2.75, 3.05) is 20.7 Å². The lowest BCUT2D eigenvalue weighted by Crippen LogP contribution is -2.39. The van der Waals surface area contributed by atoms with Crippen LogP contribution >= 0.6 is 35.3 Å². The van der Waals surface area contributed by atoms with Gasteiger partial charge in [-0.05, 0) is 24.6 Å². The second-order valence-electron chi connectivity index (χ2n) is 4.95. The highest BCUT2D eigenvalue weighted by Crippen LogP contribution is 2.15. The highest BCUT2D eigenvalue weighted by atomic mass is 127. The van der Waals surface area contributed by atoms with Crippen LogP contribution < -0.4 is 10.6 Å². The Kier molecular flexibility index (Phi) is 9.20. The zero-order chi connectivity index (χ0) is 15.8. The Morgan fingerprint density at radius 1 is 1.17 bits per heavy atom. The Labute approximate surface area is 159 Å². The van der Waals surface area contributed by atoms with Crippen molar-refractivity contribution in [1.82, 2.24) is 10.6 Å². The molecule has 126 valence electrons. The fourth-order valence-corrected chi connectivity index (χ4v) is 3.00. The van der Waals surface area contributed by atoms with Crippen molar-refractivity contribution in [2.24, 2.45) is 4.99 Å². The molecule has 1 aromatic heterocycles. The molecule has 0 radical (unpaired) electrons. The van der Waals surface area contributed by atoms with E-state index < -0.39 is 0 Å². The van der Waals surface area contributed by atoms with Crippen molar-refractivity contribution in [3.8, 4) is 0 Å². The van der Waals surface area contributed by atoms with E-state index in [4.69, 9.17) is 4.74 Å². The van der Waals surface area contributed by atoms with E-state index in [1.165, 1.54) is 9.75 Å². The Balaban J connectivity index is 0.00000264. The standard InChI is InChI=1S/C17H23N3OS.HI/c1-13-9-10-15(22-13)11-19-17(18-2)20-12-16(21-3)14-7-5-4-6-8-14;/h4-10,16H,11-12H2,1-3H3,(H2,18,19,20);1H. The largest absolute Gasteiger partial charge is 0.375 e. The van der Waals surface area contributed by atoms with Crippen LogP contribution in [0.3, 0.4) is 0 Å². The summed E-state index contributed by atoms with van der Waals surface area (Å²) in [5, 5.41) is 6.64. The maximum atomic E-state index is 5.55. The summed E-state index contributed by atoms with van der Waals surface area (Å²) in [5.74, 6) is 0.782. The molecular weight excluding hydrogens is 421 g/mol. The second-order valence-corrected chi connectivity index (χ2v) is 6.33. The highest BCUT2D eigenvalue weighted by Gasteiger charge is 2.10. The number of benzene rings is 1. The number of hydrogen-bond acceptors (Lipinski definition) is 3. The molecule has 0 saturated carbocycles. The van der Waals surface area contributed by atoms with Gasteiger partial charge in [-0.1, -0.05) is 30.3 Å². The molecule has 0 saturated heterocycles. The van der Waals surface area contributed by atoms with Gasteiger partial charge in [-0.3, -0.25) is 4.99 Å². The molecule has 1 aromatic carbocycles. The minimum absolute atomic E-state index is 0. The number of nitrogens with zero attached hydrogens (tertiary/aromatic N) is 1. The Hall–Kier alpha value is -1.12. The van der Waals surface area contributed by atoms with Crippen molar-refractivity contribution in [3.63, 3.8) is 0 Å². The average Bonchev–Trinajstić information content (AvgIpc) is 2.97. The maximum Gasteiger partial charge on any atom is 0.191 e. The van der Waals surface area contributed by atoms with Gasteiger partial charge in [0.25, 0.3) is 0 Å². The van der Waals surface area contributed by atoms with Gasteiger partial charge in [-0.2, -0.15) is 0 Å². The van der Waals surface area contributed by atoms with Gasteiger partial charge in [0.15, 0.2) is 5.96 Å². The fraction of sp³-hybridized carbons (Fsp3) is 0.353. The van der Waals surface area contributed by atoms with Crippen molar-refractivity contribution in [1.29, 1.82) is 0 Å². The number of ether oxygens (including phenoxy) is 1. The predicted octanol–water partition coefficient (Wildman–Crippen LogP) is 3.73. The first kappa shape index (κ1) is 19.9. The lowest BCUT2D eigenvalue weighted by molar-refractivity contribution is 0.106. The molecule has 0 amide bonds. The molecule has 0 fully saturated rings. The number of nitrogens with one attached hydrogen (secondary N) is 2. The second kappa shape index (κ2) is 10.6. The smallest absolute Gasteiger partial charge is 0.191 e. The van der Waals surface area contributed by atoms with Crippen molar-refractivity contribution >= 4 is 41.3 Å². The zero-order valence-electron chi connectivity index (χ0n) is 13.7. The van der Waals surface area contributed by atoms with Gasteiger partial charge in [-0.25, -0.2) is 0 Å². The van der Waals surface area contributed by atoms with E-state index in [2.05, 4.69) is 46.8 Å². The normalized spacial score (nSPS) is 12.4. The molecule has 1 heterocycles. The van der Waals surface area contributed by atoms with Gasteiger partial charge in [0.2, 0.25) is 0 Å². The monoisotopic (exact) mass is 445 g/mol. The number of halogens is 1. The van der Waals surface area contributed by atoms with Crippen molar-refractivity contribution < 1.29 is 4.74 Å². The van der Waals surface area contributed by atoms with Gasteiger partial charge < -0.3 is 15.4 Å². The molecule has 0 bridgehead atoms. The molecule has 0 spiro atoms. The van der Waals surface area contributed by atoms with E-state index in [0.717, 1.165) is 18.1 Å². The van der Waals surface area contributed by atoms with Crippen LogP contribution in [0.15, 0.2) is 47.5 Å². The number of rotatable bonds is 6. The number of aryl methyl sites for hydroxylation is 1. The summed E-state index contributed by atoms with van der Waals surface area (Å²) in [6, 6.07) is 14.5. The van der Waals surface area contributed by atoms with Crippen LogP contribution in [0.2, 0.25) is 0 Å². The van der Waals surface area contributed by atoms with E-state index in [1.54, 1.807) is 25.5 Å². The summed E-state index contributed by atoms with van der Waals surface area (Å²) in [6.07, 6.45) is 0.00346. The number of guanidine groups is 1. The SMILES string of the molecule is CN=C(NCc1ccc(C)s1)NCC(OC)c1ccccc1.I. The third-order valence-electron chi connectivity index (χ3n) is 3.36. The molecule has 6 heteroatoms. The lowest BCUT2D eigenvalue weighted by Gasteiger charge is -2.18. The van der Waals surface area contributed by atoms with Crippen molar-refractivity contribution in [3.05, 3.63) is 57.8 Å². The fourth-order valence-electron chi connectivity index (χ4n) is 2.17. The highest BCUT2D eigenvalue weighted by molar-refractivity contribution is 14.0. The number of methoxy groups -OCH3 is 1. The quantitative estimate of drug-likeness (QED) is 0.405. The first-order valence-corrected chi connectivity index (χ1v) is 8.12. The first-order chi connectivity index (χ1) is 10.7. The average molecular weight is 445 g/mol. The molecule has 0 aliphatic heterocycles. The Morgan fingerprint density at radius 2 is 1.91 bits per heavy atom. The van der Waals surface area contributed by atoms with Crippen LogP contribution in [0.5, 0.6) is 0 Å². The summed E-state index contributed by atoms with van der Waals surface area (Å²) in [5.41, 5.74) is 1.15. The van der Waals surface area contributed by atoms with Crippen LogP contribution in [-0.2, 0) is 11.3 Å². The summed E-state index contributed by atoms with van der Waals surface area (Å²) in [7, 11) is 3.50. The minimum atomic E-state index is 0. The molecular formula is C17H24IN3OS. The van der Waals surface area contributed by atoms with Crippen LogP contribution in [0, 0.1) is 6.92 Å². The van der Waals surface area contributed by atoms with E-state index >= 15 is 0 Å². The first-order valence-electron chi connectivity index (χ1n) is 7.30. The molecule has 1 atom stereocenters. The Morgan fingerprint density at radius 3 is 2.48 bits per heavy atom. The number of aliphatic imine (C=N–C) groups is 1. The minimum Gasteiger partial charge on any atom is -0.375 e. The van der Waals surface area contributed by atoms with Gasteiger partial charge in [-0.15, -0.1) is 35.3 Å². The van der Waals surface area contributed by atoms with Gasteiger partial charge >= 0.3 is 0 Å². The van der Waals surface area contributed by atoms with Gasteiger partial charge in [0, 0.05) is 30.5 Å². The van der Waals surface area contributed by atoms with E-state index in [9.17, 15) is 0 Å². The predicted molar refractivity (Wildman–Crippen MR) is 109 cm³/mol. The zero-order valence-corrected chi connectivity index (χ0v) is 16.9. The third-order valence-corrected chi connectivity index (χ3v) is 4.36. The third kappa shape index (κ3) is 6.48. The van der Waals surface area contributed by atoms with E-state index in [1.807, 2.05) is 18.2 Å². The molecule has 2 aromatic rings. The van der Waals surface area contributed by atoms with Crippen LogP contribution in [0.1, 0.15) is 21.4 Å². The summed E-state index contributed by atoms with van der Waals surface area (Å²) < 4.78 is 5.55. The summed E-state index contributed by atoms with van der Waals surface area (Å²) in [6.45, 7) is 3.56. The number of hydrogen-bond donors (Lipinski definition) is 2. The van der Waals surface area contributed by atoms with Crippen molar-refractivity contribution in [2.45, 2.75) is 19.6 Å². The van der Waals surface area contributed by atoms with E-state index in [-0.39, 0.29) is 30.1 Å². The number of thiophene rings is 1. The topological polar surface area (TPSA) is 45.7 Å². The Bertz CT molecular complexity index is 601. The molecule has 1 unspecified atom stereocenters. The van der Waals surface area contributed by atoms with Gasteiger partial charge in [0.05, 0.1) is 12.6 Å². The molecule has 4 nitrogen and oxygen atoms in total. The molecule has 2 rings (SSSR count). The lowest BCUT2D eigenvalue weighted by atomic mass is 10.1. The molecule has 0 aliphatic carbocycles. The van der Waals surface area contributed by atoms with Crippen LogP contribution in [-0.4, -0.2) is 26.7 Å². The van der Waals surface area contributed by atoms with E-state index in [0.29, 0.717) is 6.54 Å². The molecule has 23 heavy (non-hydrogen) atoms.